The number of ether oxygens (including phenoxy) is 3. The van der Waals surface area contributed by atoms with E-state index in [-0.39, 0.29) is 11.5 Å². The molecule has 3 aliphatic rings. The Morgan fingerprint density at radius 1 is 1.10 bits per heavy atom. The Morgan fingerprint density at radius 3 is 2.46 bits per heavy atom. The summed E-state index contributed by atoms with van der Waals surface area (Å²) in [5.74, 6) is 0.539. The number of piperidine rings is 1. The summed E-state index contributed by atoms with van der Waals surface area (Å²) < 4.78 is 16.9. The number of nitrogens with one attached hydrogen (secondary N) is 1. The molecule has 2 unspecified atom stereocenters. The summed E-state index contributed by atoms with van der Waals surface area (Å²) in [6.45, 7) is 1.07. The second-order valence-corrected chi connectivity index (χ2v) is 11.6. The van der Waals surface area contributed by atoms with Crippen LogP contribution in [0.3, 0.4) is 0 Å². The third kappa shape index (κ3) is 4.89. The van der Waals surface area contributed by atoms with Crippen molar-refractivity contribution in [3.8, 4) is 11.5 Å². The van der Waals surface area contributed by atoms with Crippen molar-refractivity contribution in [1.82, 2.24) is 9.97 Å². The van der Waals surface area contributed by atoms with Gasteiger partial charge in [0, 0.05) is 25.6 Å². The molecule has 3 aromatic rings. The van der Waals surface area contributed by atoms with E-state index in [1.54, 1.807) is 19.2 Å². The lowest BCUT2D eigenvalue weighted by Gasteiger charge is -2.44. The number of H-pyrrole nitrogens is 1. The SMILES string of the molecule is COc1cc2nc(N3CCC(CC4CCC4)(C(=O)OC4Cc5ccccc5C4C(N)=O)CC3)[nH]c(=O)c2cc1OC. The molecule has 1 saturated heterocycles. The number of benzene rings is 2. The van der Waals surface area contributed by atoms with Gasteiger partial charge in [0.2, 0.25) is 11.9 Å². The zero-order valence-corrected chi connectivity index (χ0v) is 23.5. The number of hydrogen-bond acceptors (Lipinski definition) is 8. The van der Waals surface area contributed by atoms with E-state index in [0.717, 1.165) is 30.4 Å². The third-order valence-electron chi connectivity index (χ3n) is 9.30. The summed E-state index contributed by atoms with van der Waals surface area (Å²) in [4.78, 5) is 49.0. The molecule has 1 amide bonds. The van der Waals surface area contributed by atoms with Gasteiger partial charge in [-0.15, -0.1) is 0 Å². The lowest BCUT2D eigenvalue weighted by Crippen LogP contribution is -2.48. The smallest absolute Gasteiger partial charge is 0.312 e. The number of aromatic nitrogens is 2. The maximum absolute atomic E-state index is 14.0. The number of rotatable bonds is 8. The van der Waals surface area contributed by atoms with Crippen LogP contribution < -0.4 is 25.7 Å². The summed E-state index contributed by atoms with van der Waals surface area (Å²) in [7, 11) is 3.06. The topological polar surface area (TPSA) is 137 Å². The van der Waals surface area contributed by atoms with Gasteiger partial charge < -0.3 is 24.8 Å². The van der Waals surface area contributed by atoms with Crippen LogP contribution in [0.5, 0.6) is 11.5 Å². The van der Waals surface area contributed by atoms with Crippen LogP contribution >= 0.6 is 0 Å². The van der Waals surface area contributed by atoms with E-state index >= 15 is 0 Å². The van der Waals surface area contributed by atoms with Crippen LogP contribution in [0.25, 0.3) is 10.9 Å². The summed E-state index contributed by atoms with van der Waals surface area (Å²) in [6.07, 6.45) is 5.19. The molecule has 1 aromatic heterocycles. The fraction of sp³-hybridized carbons (Fsp3) is 0.484. The van der Waals surface area contributed by atoms with Crippen LogP contribution in [0.1, 0.15) is 55.6 Å². The van der Waals surface area contributed by atoms with Gasteiger partial charge >= 0.3 is 5.97 Å². The number of primary amides is 1. The molecule has 2 heterocycles. The van der Waals surface area contributed by atoms with Crippen LogP contribution in [0.2, 0.25) is 0 Å². The first kappa shape index (κ1) is 27.1. The molecular formula is C31H36N4O6. The maximum Gasteiger partial charge on any atom is 0.312 e. The average Bonchev–Trinajstić information content (AvgIpc) is 3.32. The highest BCUT2D eigenvalue weighted by Gasteiger charge is 2.48. The van der Waals surface area contributed by atoms with Crippen molar-refractivity contribution in [2.45, 2.75) is 57.0 Å². The number of esters is 1. The standard InChI is InChI=1S/C31H36N4O6/c1-39-23-15-21-22(16-24(23)40-2)33-30(34-28(21)37)35-12-10-31(11-13-35,17-18-6-5-7-18)29(38)41-25-14-19-8-3-4-9-20(19)26(25)27(32)36/h3-4,8-9,15-16,18,25-26H,5-7,10-14,17H2,1-2H3,(H2,32,36)(H,33,34,37). The number of nitrogens with zero attached hydrogens (tertiary/aromatic N) is 2. The number of amides is 1. The van der Waals surface area contributed by atoms with E-state index < -0.39 is 23.3 Å². The van der Waals surface area contributed by atoms with Gasteiger partial charge in [0.1, 0.15) is 12.0 Å². The largest absolute Gasteiger partial charge is 0.493 e. The molecule has 0 spiro atoms. The van der Waals surface area contributed by atoms with Crippen molar-refractivity contribution in [3.05, 3.63) is 57.9 Å². The molecule has 6 rings (SSSR count). The fourth-order valence-corrected chi connectivity index (χ4v) is 6.76. The molecule has 10 heteroatoms. The summed E-state index contributed by atoms with van der Waals surface area (Å²) in [5, 5.41) is 0.410. The van der Waals surface area contributed by atoms with Crippen LogP contribution in [-0.4, -0.2) is 55.3 Å². The number of fused-ring (bicyclic) bond motifs is 2. The molecule has 10 nitrogen and oxygen atoms in total. The Kier molecular flexibility index (Phi) is 7.09. The fourth-order valence-electron chi connectivity index (χ4n) is 6.76. The number of methoxy groups -OCH3 is 2. The monoisotopic (exact) mass is 560 g/mol. The zero-order valence-electron chi connectivity index (χ0n) is 23.5. The minimum atomic E-state index is -0.660. The molecule has 41 heavy (non-hydrogen) atoms. The second-order valence-electron chi connectivity index (χ2n) is 11.6. The number of carbonyl (C=O) groups excluding carboxylic acids is 2. The zero-order chi connectivity index (χ0) is 28.7. The van der Waals surface area contributed by atoms with Gasteiger partial charge in [-0.1, -0.05) is 43.5 Å². The molecule has 0 bridgehead atoms. The molecule has 2 fully saturated rings. The van der Waals surface area contributed by atoms with Crippen LogP contribution in [-0.2, 0) is 20.7 Å². The first-order chi connectivity index (χ1) is 19.8. The van der Waals surface area contributed by atoms with E-state index in [4.69, 9.17) is 24.9 Å². The van der Waals surface area contributed by atoms with Gasteiger partial charge in [-0.2, -0.15) is 0 Å². The third-order valence-corrected chi connectivity index (χ3v) is 9.30. The lowest BCUT2D eigenvalue weighted by atomic mass is 9.67. The predicted octanol–water partition coefficient (Wildman–Crippen LogP) is 3.45. The predicted molar refractivity (Wildman–Crippen MR) is 153 cm³/mol. The van der Waals surface area contributed by atoms with E-state index in [1.165, 1.54) is 13.5 Å². The number of hydrogen-bond donors (Lipinski definition) is 2. The average molecular weight is 561 g/mol. The highest BCUT2D eigenvalue weighted by molar-refractivity contribution is 5.86. The van der Waals surface area contributed by atoms with Gasteiger partial charge in [-0.25, -0.2) is 4.98 Å². The molecule has 2 aliphatic carbocycles. The lowest BCUT2D eigenvalue weighted by molar-refractivity contribution is -0.166. The summed E-state index contributed by atoms with van der Waals surface area (Å²) >= 11 is 0. The van der Waals surface area contributed by atoms with Crippen molar-refractivity contribution in [3.63, 3.8) is 0 Å². The Bertz CT molecular complexity index is 1540. The molecule has 1 aliphatic heterocycles. The molecule has 2 aromatic carbocycles. The molecule has 3 N–H and O–H groups in total. The van der Waals surface area contributed by atoms with Gasteiger partial charge in [-0.05, 0) is 42.4 Å². The van der Waals surface area contributed by atoms with E-state index in [2.05, 4.69) is 4.98 Å². The first-order valence-electron chi connectivity index (χ1n) is 14.3. The second kappa shape index (κ2) is 10.7. The van der Waals surface area contributed by atoms with Gasteiger partial charge in [-0.3, -0.25) is 19.4 Å². The number of carbonyl (C=O) groups is 2. The first-order valence-corrected chi connectivity index (χ1v) is 14.3. The van der Waals surface area contributed by atoms with Gasteiger partial charge in [0.15, 0.2) is 11.5 Å². The summed E-state index contributed by atoms with van der Waals surface area (Å²) in [5.41, 5.74) is 7.20. The van der Waals surface area contributed by atoms with Crippen molar-refractivity contribution in [2.24, 2.45) is 17.1 Å². The van der Waals surface area contributed by atoms with Crippen molar-refractivity contribution >= 4 is 28.7 Å². The quantitative estimate of drug-likeness (QED) is 0.400. The van der Waals surface area contributed by atoms with Gasteiger partial charge in [0.05, 0.1) is 30.5 Å². The van der Waals surface area contributed by atoms with Crippen molar-refractivity contribution in [2.75, 3.05) is 32.2 Å². The maximum atomic E-state index is 14.0. The molecule has 216 valence electrons. The normalized spacial score (nSPS) is 21.7. The van der Waals surface area contributed by atoms with E-state index in [1.807, 2.05) is 29.2 Å². The Labute approximate surface area is 238 Å². The Balaban J connectivity index is 1.23. The minimum Gasteiger partial charge on any atom is -0.493 e. The number of aromatic amines is 1. The number of anilines is 1. The Hall–Kier alpha value is -4.08. The van der Waals surface area contributed by atoms with Crippen LogP contribution in [0, 0.1) is 11.3 Å². The van der Waals surface area contributed by atoms with E-state index in [9.17, 15) is 14.4 Å². The molecule has 1 saturated carbocycles. The molecule has 2 atom stereocenters. The molecule has 0 radical (unpaired) electrons. The summed E-state index contributed by atoms with van der Waals surface area (Å²) in [6, 6.07) is 11.0. The highest BCUT2D eigenvalue weighted by atomic mass is 16.5. The molecular weight excluding hydrogens is 524 g/mol. The Morgan fingerprint density at radius 2 is 1.80 bits per heavy atom. The van der Waals surface area contributed by atoms with Crippen LogP contribution in [0.15, 0.2) is 41.2 Å². The number of nitrogens with two attached hydrogens (primary N) is 1. The minimum absolute atomic E-state index is 0.245. The van der Waals surface area contributed by atoms with Crippen molar-refractivity contribution < 1.29 is 23.8 Å². The van der Waals surface area contributed by atoms with Crippen LogP contribution in [0.4, 0.5) is 5.95 Å². The van der Waals surface area contributed by atoms with Crippen molar-refractivity contribution in [1.29, 1.82) is 0 Å². The highest BCUT2D eigenvalue weighted by Crippen LogP contribution is 2.46. The van der Waals surface area contributed by atoms with E-state index in [0.29, 0.717) is 66.6 Å². The van der Waals surface area contributed by atoms with Gasteiger partial charge in [0.25, 0.3) is 5.56 Å².